The molecule has 5 nitrogen and oxygen atoms in total. The van der Waals surface area contributed by atoms with Crippen molar-refractivity contribution in [3.05, 3.63) is 95.8 Å². The van der Waals surface area contributed by atoms with Crippen LogP contribution in [0.2, 0.25) is 0 Å². The van der Waals surface area contributed by atoms with E-state index in [0.717, 1.165) is 10.6 Å². The molecule has 0 aliphatic heterocycles. The zero-order valence-corrected chi connectivity index (χ0v) is 14.7. The number of thioether (sulfide) groups is 1. The topological polar surface area (TPSA) is 77.6 Å². The molecule has 0 unspecified atom stereocenters. The summed E-state index contributed by atoms with van der Waals surface area (Å²) in [5, 5.41) is 3.73. The summed E-state index contributed by atoms with van der Waals surface area (Å²) in [6.07, 6.45) is 3.18. The van der Waals surface area contributed by atoms with Gasteiger partial charge in [-0.25, -0.2) is 4.79 Å². The van der Waals surface area contributed by atoms with Gasteiger partial charge in [-0.15, -0.1) is 11.8 Å². The SMILES string of the molecule is N/C(=N/OC(=O)c1ccccc1SCc1ccccc1)c1cccnc1. The van der Waals surface area contributed by atoms with Gasteiger partial charge in [-0.05, 0) is 29.8 Å². The fourth-order valence-corrected chi connectivity index (χ4v) is 3.20. The lowest BCUT2D eigenvalue weighted by Crippen LogP contribution is -2.15. The summed E-state index contributed by atoms with van der Waals surface area (Å²) in [6, 6.07) is 20.8. The molecule has 0 aliphatic carbocycles. The van der Waals surface area contributed by atoms with Gasteiger partial charge < -0.3 is 10.6 Å². The van der Waals surface area contributed by atoms with Crippen LogP contribution in [0, 0.1) is 0 Å². The van der Waals surface area contributed by atoms with Crippen molar-refractivity contribution >= 4 is 23.6 Å². The number of benzene rings is 2. The molecule has 26 heavy (non-hydrogen) atoms. The molecular weight excluding hydrogens is 346 g/mol. The van der Waals surface area contributed by atoms with E-state index in [1.54, 1.807) is 48.4 Å². The van der Waals surface area contributed by atoms with Crippen LogP contribution in [0.1, 0.15) is 21.5 Å². The number of amidine groups is 1. The fourth-order valence-electron chi connectivity index (χ4n) is 2.20. The zero-order chi connectivity index (χ0) is 18.2. The molecule has 6 heteroatoms. The van der Waals surface area contributed by atoms with E-state index in [1.165, 1.54) is 5.56 Å². The monoisotopic (exact) mass is 363 g/mol. The van der Waals surface area contributed by atoms with Crippen LogP contribution in [-0.2, 0) is 10.6 Å². The van der Waals surface area contributed by atoms with Crippen molar-refractivity contribution in [2.45, 2.75) is 10.6 Å². The molecule has 130 valence electrons. The molecule has 0 bridgehead atoms. The quantitative estimate of drug-likeness (QED) is 0.237. The van der Waals surface area contributed by atoms with Gasteiger partial charge in [-0.1, -0.05) is 47.6 Å². The molecule has 0 atom stereocenters. The number of pyridine rings is 1. The first-order chi connectivity index (χ1) is 12.7. The first kappa shape index (κ1) is 17.7. The van der Waals surface area contributed by atoms with E-state index in [1.807, 2.05) is 42.5 Å². The molecule has 0 spiro atoms. The number of aromatic nitrogens is 1. The molecule has 0 fully saturated rings. The normalized spacial score (nSPS) is 11.2. The summed E-state index contributed by atoms with van der Waals surface area (Å²) in [6.45, 7) is 0. The number of hydrogen-bond acceptors (Lipinski definition) is 5. The molecule has 0 amide bonds. The van der Waals surface area contributed by atoms with Crippen LogP contribution in [0.3, 0.4) is 0 Å². The molecule has 2 aromatic carbocycles. The average Bonchev–Trinajstić information content (AvgIpc) is 2.72. The second-order valence-electron chi connectivity index (χ2n) is 5.37. The van der Waals surface area contributed by atoms with Crippen LogP contribution in [0.5, 0.6) is 0 Å². The van der Waals surface area contributed by atoms with Gasteiger partial charge in [0.05, 0.1) is 5.56 Å². The van der Waals surface area contributed by atoms with Gasteiger partial charge in [0, 0.05) is 28.6 Å². The largest absolute Gasteiger partial charge is 0.380 e. The number of nitrogens with two attached hydrogens (primary N) is 1. The standard InChI is InChI=1S/C20H17N3O2S/c21-19(16-9-6-12-22-13-16)23-25-20(24)17-10-4-5-11-18(17)26-14-15-7-2-1-3-8-15/h1-13H,14H2,(H2,21,23). The third-order valence-electron chi connectivity index (χ3n) is 3.53. The number of carbonyl (C=O) groups is 1. The highest BCUT2D eigenvalue weighted by Gasteiger charge is 2.13. The Balaban J connectivity index is 1.69. The molecule has 3 aromatic rings. The molecule has 0 radical (unpaired) electrons. The van der Waals surface area contributed by atoms with E-state index in [0.29, 0.717) is 11.1 Å². The summed E-state index contributed by atoms with van der Waals surface area (Å²) >= 11 is 1.57. The van der Waals surface area contributed by atoms with E-state index in [2.05, 4.69) is 10.1 Å². The molecule has 3 rings (SSSR count). The molecule has 1 aromatic heterocycles. The maximum atomic E-state index is 12.4. The van der Waals surface area contributed by atoms with Crippen LogP contribution in [-0.4, -0.2) is 16.8 Å². The predicted molar refractivity (Wildman–Crippen MR) is 103 cm³/mol. The van der Waals surface area contributed by atoms with Crippen molar-refractivity contribution in [1.29, 1.82) is 0 Å². The molecule has 0 saturated heterocycles. The number of hydrogen-bond donors (Lipinski definition) is 1. The third kappa shape index (κ3) is 4.70. The molecule has 0 saturated carbocycles. The maximum Gasteiger partial charge on any atom is 0.366 e. The van der Waals surface area contributed by atoms with Crippen molar-refractivity contribution in [2.75, 3.05) is 0 Å². The van der Waals surface area contributed by atoms with Crippen LogP contribution in [0.15, 0.2) is 89.2 Å². The molecule has 1 heterocycles. The van der Waals surface area contributed by atoms with Gasteiger partial charge in [0.1, 0.15) is 0 Å². The average molecular weight is 363 g/mol. The first-order valence-corrected chi connectivity index (χ1v) is 8.93. The second-order valence-corrected chi connectivity index (χ2v) is 6.38. The van der Waals surface area contributed by atoms with Crippen LogP contribution in [0.4, 0.5) is 0 Å². The van der Waals surface area contributed by atoms with Gasteiger partial charge in [0.15, 0.2) is 5.84 Å². The van der Waals surface area contributed by atoms with E-state index in [9.17, 15) is 4.79 Å². The highest BCUT2D eigenvalue weighted by atomic mass is 32.2. The van der Waals surface area contributed by atoms with Crippen LogP contribution >= 0.6 is 11.8 Å². The summed E-state index contributed by atoms with van der Waals surface area (Å²) in [4.78, 5) is 22.2. The minimum Gasteiger partial charge on any atom is -0.380 e. The van der Waals surface area contributed by atoms with E-state index in [-0.39, 0.29) is 5.84 Å². The number of oxime groups is 1. The minimum atomic E-state index is -0.548. The zero-order valence-electron chi connectivity index (χ0n) is 13.9. The van der Waals surface area contributed by atoms with Gasteiger partial charge in [0.2, 0.25) is 0 Å². The Hall–Kier alpha value is -3.12. The van der Waals surface area contributed by atoms with Crippen LogP contribution in [0.25, 0.3) is 0 Å². The lowest BCUT2D eigenvalue weighted by Gasteiger charge is -2.07. The van der Waals surface area contributed by atoms with Crippen molar-refractivity contribution in [3.8, 4) is 0 Å². The molecule has 0 aliphatic rings. The highest BCUT2D eigenvalue weighted by Crippen LogP contribution is 2.26. The van der Waals surface area contributed by atoms with Crippen LogP contribution < -0.4 is 5.73 Å². The molecule has 2 N–H and O–H groups in total. The Morgan fingerprint density at radius 1 is 1.04 bits per heavy atom. The highest BCUT2D eigenvalue weighted by molar-refractivity contribution is 7.98. The first-order valence-electron chi connectivity index (χ1n) is 7.95. The lowest BCUT2D eigenvalue weighted by atomic mass is 10.2. The number of rotatable bonds is 6. The van der Waals surface area contributed by atoms with Gasteiger partial charge in [-0.3, -0.25) is 4.98 Å². The van der Waals surface area contributed by atoms with E-state index >= 15 is 0 Å². The Kier molecular flexibility index (Phi) is 6.01. The predicted octanol–water partition coefficient (Wildman–Crippen LogP) is 3.85. The van der Waals surface area contributed by atoms with Gasteiger partial charge >= 0.3 is 5.97 Å². The van der Waals surface area contributed by atoms with E-state index in [4.69, 9.17) is 10.6 Å². The van der Waals surface area contributed by atoms with E-state index < -0.39 is 5.97 Å². The Morgan fingerprint density at radius 3 is 2.58 bits per heavy atom. The van der Waals surface area contributed by atoms with Gasteiger partial charge in [0.25, 0.3) is 0 Å². The van der Waals surface area contributed by atoms with Crippen molar-refractivity contribution in [2.24, 2.45) is 10.9 Å². The second kappa shape index (κ2) is 8.82. The summed E-state index contributed by atoms with van der Waals surface area (Å²) in [7, 11) is 0. The fraction of sp³-hybridized carbons (Fsp3) is 0.0500. The lowest BCUT2D eigenvalue weighted by molar-refractivity contribution is 0.0512. The smallest absolute Gasteiger partial charge is 0.366 e. The van der Waals surface area contributed by atoms with Crippen molar-refractivity contribution in [3.63, 3.8) is 0 Å². The van der Waals surface area contributed by atoms with Crippen molar-refractivity contribution < 1.29 is 9.63 Å². The Bertz CT molecular complexity index is 899. The minimum absolute atomic E-state index is 0.0980. The molecular formula is C20H17N3O2S. The third-order valence-corrected chi connectivity index (χ3v) is 4.67. The number of carbonyl (C=O) groups excluding carboxylic acids is 1. The summed E-state index contributed by atoms with van der Waals surface area (Å²) in [5.41, 5.74) is 8.05. The number of nitrogens with zero attached hydrogens (tertiary/aromatic N) is 2. The Labute approximate surface area is 155 Å². The summed E-state index contributed by atoms with van der Waals surface area (Å²) < 4.78 is 0. The van der Waals surface area contributed by atoms with Crippen molar-refractivity contribution in [1.82, 2.24) is 4.98 Å². The summed E-state index contributed by atoms with van der Waals surface area (Å²) in [5.74, 6) is 0.306. The maximum absolute atomic E-state index is 12.4. The Morgan fingerprint density at radius 2 is 1.81 bits per heavy atom. The van der Waals surface area contributed by atoms with Gasteiger partial charge in [-0.2, -0.15) is 0 Å².